The Morgan fingerprint density at radius 2 is 1.52 bits per heavy atom. The Labute approximate surface area is 246 Å². The summed E-state index contributed by atoms with van der Waals surface area (Å²) in [5.41, 5.74) is 3.38. The molecule has 42 heavy (non-hydrogen) atoms. The van der Waals surface area contributed by atoms with Gasteiger partial charge in [-0.3, -0.25) is 4.90 Å². The summed E-state index contributed by atoms with van der Waals surface area (Å²) in [6, 6.07) is 23.7. The Balaban J connectivity index is 1.56. The Kier molecular flexibility index (Phi) is 9.78. The van der Waals surface area contributed by atoms with Crippen LogP contribution in [0.4, 0.5) is 17.6 Å². The van der Waals surface area contributed by atoms with E-state index in [-0.39, 0.29) is 0 Å². The van der Waals surface area contributed by atoms with E-state index in [1.807, 2.05) is 36.4 Å². The van der Waals surface area contributed by atoms with Gasteiger partial charge in [-0.2, -0.15) is 13.2 Å². The normalized spacial score (nSPS) is 14.5. The zero-order valence-corrected chi connectivity index (χ0v) is 24.2. The lowest BCUT2D eigenvalue weighted by Crippen LogP contribution is -2.31. The molecule has 5 rings (SSSR count). The number of rotatable bonds is 11. The predicted octanol–water partition coefficient (Wildman–Crippen LogP) is 9.76. The lowest BCUT2D eigenvalue weighted by Gasteiger charge is -2.30. The molecular weight excluding hydrogens is 538 g/mol. The van der Waals surface area contributed by atoms with Crippen LogP contribution in [0.1, 0.15) is 68.7 Å². The lowest BCUT2D eigenvalue weighted by molar-refractivity contribution is -0.140. The average molecular weight is 578 g/mol. The van der Waals surface area contributed by atoms with Gasteiger partial charge in [-0.05, 0) is 42.9 Å². The third-order valence-electron chi connectivity index (χ3n) is 8.25. The molecule has 4 aromatic rings. The number of halogens is 4. The maximum absolute atomic E-state index is 14.6. The molecule has 0 spiro atoms. The van der Waals surface area contributed by atoms with Crippen LogP contribution in [-0.2, 0) is 25.8 Å². The number of hydrogen-bond acceptors (Lipinski definition) is 2. The van der Waals surface area contributed by atoms with E-state index < -0.39 is 17.6 Å². The molecule has 0 amide bonds. The van der Waals surface area contributed by atoms with Gasteiger partial charge in [-0.15, -0.1) is 0 Å². The number of imidazole rings is 1. The Morgan fingerprint density at radius 3 is 2.14 bits per heavy atom. The van der Waals surface area contributed by atoms with E-state index in [9.17, 15) is 17.6 Å². The molecule has 0 aliphatic heterocycles. The number of alkyl halides is 3. The van der Waals surface area contributed by atoms with Gasteiger partial charge < -0.3 is 4.57 Å². The molecule has 0 radical (unpaired) electrons. The SMILES string of the molecule is CCCCn1c(-c2ccccc2)nc(-c2ccccc2)c1CN(Cc1ccc(C(F)(F)F)c(F)c1)CC1CCCCC1. The molecule has 1 aromatic heterocycles. The second kappa shape index (κ2) is 13.7. The Morgan fingerprint density at radius 1 is 0.857 bits per heavy atom. The number of unbranched alkanes of at least 4 members (excludes halogenated alkanes) is 1. The summed E-state index contributed by atoms with van der Waals surface area (Å²) in [5, 5.41) is 0. The maximum Gasteiger partial charge on any atom is 0.419 e. The highest BCUT2D eigenvalue weighted by atomic mass is 19.4. The van der Waals surface area contributed by atoms with E-state index >= 15 is 0 Å². The summed E-state index contributed by atoms with van der Waals surface area (Å²) in [7, 11) is 0. The quantitative estimate of drug-likeness (QED) is 0.166. The fraction of sp³-hybridized carbons (Fsp3) is 0.400. The molecule has 1 saturated carbocycles. The minimum Gasteiger partial charge on any atom is -0.326 e. The smallest absolute Gasteiger partial charge is 0.326 e. The van der Waals surface area contributed by atoms with Crippen molar-refractivity contribution in [2.45, 2.75) is 77.7 Å². The van der Waals surface area contributed by atoms with Crippen molar-refractivity contribution in [1.29, 1.82) is 0 Å². The summed E-state index contributed by atoms with van der Waals surface area (Å²) in [4.78, 5) is 7.50. The van der Waals surface area contributed by atoms with Crippen LogP contribution in [0.25, 0.3) is 22.6 Å². The second-order valence-corrected chi connectivity index (χ2v) is 11.5. The van der Waals surface area contributed by atoms with E-state index in [0.29, 0.717) is 24.6 Å². The van der Waals surface area contributed by atoms with Crippen molar-refractivity contribution in [3.63, 3.8) is 0 Å². The van der Waals surface area contributed by atoms with Crippen molar-refractivity contribution in [3.05, 3.63) is 102 Å². The standard InChI is InChI=1S/C35H39F4N3/c1-2-3-21-42-32(33(28-15-9-5-10-16-28)40-34(42)29-17-11-6-12-18-29)25-41(23-26-13-7-4-8-14-26)24-27-19-20-30(31(36)22-27)35(37,38)39/h5-6,9-12,15-20,22,26H,2-4,7-8,13-14,21,23-25H2,1H3. The van der Waals surface area contributed by atoms with Gasteiger partial charge in [0.1, 0.15) is 11.6 Å². The van der Waals surface area contributed by atoms with Crippen LogP contribution < -0.4 is 0 Å². The van der Waals surface area contributed by atoms with E-state index in [1.54, 1.807) is 0 Å². The van der Waals surface area contributed by atoms with Crippen molar-refractivity contribution in [2.75, 3.05) is 6.54 Å². The van der Waals surface area contributed by atoms with E-state index in [4.69, 9.17) is 4.98 Å². The fourth-order valence-electron chi connectivity index (χ4n) is 6.12. The van der Waals surface area contributed by atoms with Crippen molar-refractivity contribution in [2.24, 2.45) is 5.92 Å². The third-order valence-corrected chi connectivity index (χ3v) is 8.25. The molecule has 1 heterocycles. The first-order valence-electron chi connectivity index (χ1n) is 15.1. The molecular formula is C35H39F4N3. The molecule has 0 bridgehead atoms. The molecule has 7 heteroatoms. The molecule has 1 aliphatic carbocycles. The van der Waals surface area contributed by atoms with Gasteiger partial charge in [0.05, 0.1) is 17.0 Å². The lowest BCUT2D eigenvalue weighted by atomic mass is 9.88. The van der Waals surface area contributed by atoms with Crippen LogP contribution in [0.5, 0.6) is 0 Å². The summed E-state index contributed by atoms with van der Waals surface area (Å²) in [5.74, 6) is 0.192. The first-order valence-corrected chi connectivity index (χ1v) is 15.1. The fourth-order valence-corrected chi connectivity index (χ4v) is 6.12. The van der Waals surface area contributed by atoms with Crippen molar-refractivity contribution < 1.29 is 17.6 Å². The number of aromatic nitrogens is 2. The molecule has 0 saturated heterocycles. The summed E-state index contributed by atoms with van der Waals surface area (Å²) in [6.07, 6.45) is 3.19. The highest BCUT2D eigenvalue weighted by Crippen LogP contribution is 2.34. The maximum atomic E-state index is 14.6. The molecule has 1 aliphatic rings. The third kappa shape index (κ3) is 7.30. The summed E-state index contributed by atoms with van der Waals surface area (Å²) < 4.78 is 56.8. The van der Waals surface area contributed by atoms with Crippen LogP contribution in [0.2, 0.25) is 0 Å². The van der Waals surface area contributed by atoms with Gasteiger partial charge in [0, 0.05) is 37.3 Å². The van der Waals surface area contributed by atoms with Gasteiger partial charge in [-0.25, -0.2) is 9.37 Å². The zero-order chi connectivity index (χ0) is 29.5. The molecule has 0 N–H and O–H groups in total. The topological polar surface area (TPSA) is 21.1 Å². The number of hydrogen-bond donors (Lipinski definition) is 0. The van der Waals surface area contributed by atoms with Gasteiger partial charge in [0.2, 0.25) is 0 Å². The Hall–Kier alpha value is -3.45. The van der Waals surface area contributed by atoms with Gasteiger partial charge in [0.25, 0.3) is 0 Å². The summed E-state index contributed by atoms with van der Waals surface area (Å²) >= 11 is 0. The van der Waals surface area contributed by atoms with Crippen LogP contribution >= 0.6 is 0 Å². The first-order chi connectivity index (χ1) is 20.3. The minimum atomic E-state index is -4.71. The minimum absolute atomic E-state index is 0.361. The molecule has 3 aromatic carbocycles. The van der Waals surface area contributed by atoms with Crippen molar-refractivity contribution >= 4 is 0 Å². The monoisotopic (exact) mass is 577 g/mol. The van der Waals surface area contributed by atoms with Crippen molar-refractivity contribution in [1.82, 2.24) is 14.5 Å². The Bertz CT molecular complexity index is 1420. The molecule has 1 fully saturated rings. The van der Waals surface area contributed by atoms with Crippen LogP contribution in [0.3, 0.4) is 0 Å². The number of benzene rings is 3. The largest absolute Gasteiger partial charge is 0.419 e. The van der Waals surface area contributed by atoms with Crippen LogP contribution in [-0.4, -0.2) is 21.0 Å². The van der Waals surface area contributed by atoms with E-state index in [2.05, 4.69) is 40.7 Å². The highest BCUT2D eigenvalue weighted by Gasteiger charge is 2.34. The van der Waals surface area contributed by atoms with Gasteiger partial charge in [0.15, 0.2) is 0 Å². The first kappa shape index (κ1) is 30.0. The van der Waals surface area contributed by atoms with Gasteiger partial charge in [-0.1, -0.05) is 99.3 Å². The molecule has 0 atom stereocenters. The zero-order valence-electron chi connectivity index (χ0n) is 24.2. The highest BCUT2D eigenvalue weighted by molar-refractivity contribution is 5.68. The van der Waals surface area contributed by atoms with Crippen LogP contribution in [0, 0.1) is 11.7 Å². The molecule has 222 valence electrons. The van der Waals surface area contributed by atoms with Crippen LogP contribution in [0.15, 0.2) is 78.9 Å². The number of nitrogens with zero attached hydrogens (tertiary/aromatic N) is 3. The van der Waals surface area contributed by atoms with E-state index in [0.717, 1.165) is 79.2 Å². The predicted molar refractivity (Wildman–Crippen MR) is 160 cm³/mol. The summed E-state index contributed by atoms with van der Waals surface area (Å²) in [6.45, 7) is 4.70. The van der Waals surface area contributed by atoms with Crippen molar-refractivity contribution in [3.8, 4) is 22.6 Å². The molecule has 0 unspecified atom stereocenters. The molecule has 3 nitrogen and oxygen atoms in total. The van der Waals surface area contributed by atoms with E-state index in [1.165, 1.54) is 25.3 Å². The second-order valence-electron chi connectivity index (χ2n) is 11.5. The van der Waals surface area contributed by atoms with Gasteiger partial charge >= 0.3 is 6.18 Å². The average Bonchev–Trinajstić information content (AvgIpc) is 3.34.